The van der Waals surface area contributed by atoms with Gasteiger partial charge in [-0.15, -0.1) is 0 Å². The quantitative estimate of drug-likeness (QED) is 0.353. The van der Waals surface area contributed by atoms with Crippen molar-refractivity contribution in [1.29, 1.82) is 0 Å². The Morgan fingerprint density at radius 2 is 1.80 bits per heavy atom. The first-order valence-electron chi connectivity index (χ1n) is 11.2. The second kappa shape index (κ2) is 8.90. The summed E-state index contributed by atoms with van der Waals surface area (Å²) in [6.45, 7) is 1.92. The normalized spacial score (nSPS) is 11.3. The minimum atomic E-state index is 0.526. The molecule has 0 saturated heterocycles. The summed E-state index contributed by atoms with van der Waals surface area (Å²) >= 11 is 0. The predicted molar refractivity (Wildman–Crippen MR) is 132 cm³/mol. The highest BCUT2D eigenvalue weighted by Crippen LogP contribution is 2.24. The standard InChI is InChI=1S/C25H23N9O/c1-35-19-7-8-22-20(11-19)23(31-30-22)12-26-24-21-15-34(32-25(21)28-16-27-24)14-18-5-3-17(4-6-18)13-33-10-2-9-29-33/h2-11,15-16H,12-14H2,1H3,(H,30,31)(H,26,27,28,32). The van der Waals surface area contributed by atoms with Gasteiger partial charge in [-0.3, -0.25) is 14.5 Å². The highest BCUT2D eigenvalue weighted by atomic mass is 16.5. The Balaban J connectivity index is 1.18. The van der Waals surface area contributed by atoms with E-state index in [4.69, 9.17) is 4.74 Å². The molecule has 4 aromatic heterocycles. The lowest BCUT2D eigenvalue weighted by Gasteiger charge is -2.06. The first-order chi connectivity index (χ1) is 17.2. The summed E-state index contributed by atoms with van der Waals surface area (Å²) in [6, 6.07) is 16.2. The highest BCUT2D eigenvalue weighted by Gasteiger charge is 2.11. The molecule has 174 valence electrons. The summed E-state index contributed by atoms with van der Waals surface area (Å²) in [5, 5.41) is 21.7. The molecule has 35 heavy (non-hydrogen) atoms. The fourth-order valence-electron chi connectivity index (χ4n) is 4.10. The van der Waals surface area contributed by atoms with Crippen LogP contribution in [0.5, 0.6) is 5.75 Å². The van der Waals surface area contributed by atoms with Crippen LogP contribution in [0, 0.1) is 0 Å². The molecular formula is C25H23N9O. The fraction of sp³-hybridized carbons (Fsp3) is 0.160. The van der Waals surface area contributed by atoms with Gasteiger partial charge in [0.15, 0.2) is 5.65 Å². The summed E-state index contributed by atoms with van der Waals surface area (Å²) in [5.74, 6) is 1.52. The van der Waals surface area contributed by atoms with Crippen LogP contribution in [-0.2, 0) is 19.6 Å². The minimum absolute atomic E-state index is 0.526. The molecule has 4 heterocycles. The van der Waals surface area contributed by atoms with Crippen molar-refractivity contribution < 1.29 is 4.74 Å². The zero-order valence-corrected chi connectivity index (χ0v) is 19.1. The molecule has 2 N–H and O–H groups in total. The van der Waals surface area contributed by atoms with Crippen LogP contribution in [0.1, 0.15) is 16.8 Å². The molecule has 6 aromatic rings. The van der Waals surface area contributed by atoms with Gasteiger partial charge in [0.2, 0.25) is 0 Å². The van der Waals surface area contributed by atoms with Gasteiger partial charge in [0.25, 0.3) is 0 Å². The Hall–Kier alpha value is -4.73. The lowest BCUT2D eigenvalue weighted by molar-refractivity contribution is 0.415. The van der Waals surface area contributed by atoms with Crippen LogP contribution in [0.15, 0.2) is 73.4 Å². The van der Waals surface area contributed by atoms with Gasteiger partial charge >= 0.3 is 0 Å². The molecule has 0 amide bonds. The minimum Gasteiger partial charge on any atom is -0.497 e. The molecule has 0 fully saturated rings. The van der Waals surface area contributed by atoms with Crippen molar-refractivity contribution >= 4 is 27.8 Å². The summed E-state index contributed by atoms with van der Waals surface area (Å²) in [4.78, 5) is 8.79. The topological polar surface area (TPSA) is 111 Å². The Morgan fingerprint density at radius 3 is 2.57 bits per heavy atom. The van der Waals surface area contributed by atoms with Crippen LogP contribution < -0.4 is 10.1 Å². The van der Waals surface area contributed by atoms with E-state index in [1.54, 1.807) is 13.3 Å². The molecule has 0 spiro atoms. The molecule has 0 aliphatic rings. The zero-order valence-electron chi connectivity index (χ0n) is 19.1. The number of aromatic nitrogens is 8. The Kier molecular flexibility index (Phi) is 5.30. The van der Waals surface area contributed by atoms with Gasteiger partial charge in [0, 0.05) is 24.0 Å². The summed E-state index contributed by atoms with van der Waals surface area (Å²) < 4.78 is 9.15. The third-order valence-corrected chi connectivity index (χ3v) is 5.91. The molecule has 0 radical (unpaired) electrons. The molecule has 10 nitrogen and oxygen atoms in total. The van der Waals surface area contributed by atoms with Crippen LogP contribution in [0.2, 0.25) is 0 Å². The Bertz CT molecular complexity index is 1580. The van der Waals surface area contributed by atoms with E-state index >= 15 is 0 Å². The van der Waals surface area contributed by atoms with Crippen molar-refractivity contribution in [3.8, 4) is 5.75 Å². The van der Waals surface area contributed by atoms with Gasteiger partial charge in [0.1, 0.15) is 17.9 Å². The van der Waals surface area contributed by atoms with Gasteiger partial charge < -0.3 is 10.1 Å². The summed E-state index contributed by atoms with van der Waals surface area (Å²) in [6.07, 6.45) is 7.25. The van der Waals surface area contributed by atoms with Gasteiger partial charge in [-0.2, -0.15) is 15.3 Å². The van der Waals surface area contributed by atoms with Gasteiger partial charge in [-0.25, -0.2) is 9.97 Å². The van der Waals surface area contributed by atoms with E-state index in [1.807, 2.05) is 46.0 Å². The van der Waals surface area contributed by atoms with Crippen molar-refractivity contribution in [1.82, 2.24) is 39.7 Å². The fourth-order valence-corrected chi connectivity index (χ4v) is 4.10. The average molecular weight is 466 g/mol. The maximum atomic E-state index is 5.35. The summed E-state index contributed by atoms with van der Waals surface area (Å²) in [5.41, 5.74) is 4.84. The number of ether oxygens (including phenoxy) is 1. The van der Waals surface area contributed by atoms with Crippen molar-refractivity contribution in [3.05, 3.63) is 90.3 Å². The first kappa shape index (κ1) is 20.8. The number of hydrogen-bond acceptors (Lipinski definition) is 7. The molecule has 0 atom stereocenters. The summed E-state index contributed by atoms with van der Waals surface area (Å²) in [7, 11) is 1.66. The second-order valence-corrected chi connectivity index (χ2v) is 8.25. The number of rotatable bonds is 8. The number of aromatic amines is 1. The van der Waals surface area contributed by atoms with Crippen molar-refractivity contribution in [2.45, 2.75) is 19.6 Å². The number of nitrogens with one attached hydrogen (secondary N) is 2. The largest absolute Gasteiger partial charge is 0.497 e. The smallest absolute Gasteiger partial charge is 0.186 e. The van der Waals surface area contributed by atoms with Crippen molar-refractivity contribution in [2.24, 2.45) is 0 Å². The van der Waals surface area contributed by atoms with Crippen LogP contribution in [0.4, 0.5) is 5.82 Å². The molecule has 0 aliphatic heterocycles. The number of anilines is 1. The lowest BCUT2D eigenvalue weighted by Crippen LogP contribution is -2.03. The molecule has 6 rings (SSSR count). The monoisotopic (exact) mass is 465 g/mol. The predicted octanol–water partition coefficient (Wildman–Crippen LogP) is 3.62. The molecule has 10 heteroatoms. The lowest BCUT2D eigenvalue weighted by atomic mass is 10.1. The number of nitrogens with zero attached hydrogens (tertiary/aromatic N) is 7. The van der Waals surface area contributed by atoms with E-state index in [2.05, 4.69) is 59.9 Å². The van der Waals surface area contributed by atoms with E-state index in [-0.39, 0.29) is 0 Å². The number of H-pyrrole nitrogens is 1. The maximum absolute atomic E-state index is 5.35. The molecule has 0 aliphatic carbocycles. The highest BCUT2D eigenvalue weighted by molar-refractivity contribution is 5.86. The van der Waals surface area contributed by atoms with Crippen LogP contribution in [0.3, 0.4) is 0 Å². The molecule has 0 bridgehead atoms. The van der Waals surface area contributed by atoms with Crippen molar-refractivity contribution in [2.75, 3.05) is 12.4 Å². The average Bonchev–Trinajstić information content (AvgIpc) is 3.63. The van der Waals surface area contributed by atoms with E-state index in [1.165, 1.54) is 11.9 Å². The molecule has 0 unspecified atom stereocenters. The van der Waals surface area contributed by atoms with Crippen LogP contribution in [-0.4, -0.2) is 46.8 Å². The van der Waals surface area contributed by atoms with E-state index in [0.717, 1.165) is 45.7 Å². The Labute approximate surface area is 200 Å². The number of fused-ring (bicyclic) bond motifs is 2. The molecule has 0 saturated carbocycles. The van der Waals surface area contributed by atoms with Crippen molar-refractivity contribution in [3.63, 3.8) is 0 Å². The van der Waals surface area contributed by atoms with Gasteiger partial charge in [-0.05, 0) is 35.4 Å². The van der Waals surface area contributed by atoms with Gasteiger partial charge in [-0.1, -0.05) is 24.3 Å². The second-order valence-electron chi connectivity index (χ2n) is 8.25. The van der Waals surface area contributed by atoms with E-state index < -0.39 is 0 Å². The van der Waals surface area contributed by atoms with E-state index in [0.29, 0.717) is 18.7 Å². The van der Waals surface area contributed by atoms with E-state index in [9.17, 15) is 0 Å². The van der Waals surface area contributed by atoms with Crippen LogP contribution in [0.25, 0.3) is 21.9 Å². The molecule has 2 aromatic carbocycles. The molecular weight excluding hydrogens is 442 g/mol. The number of benzene rings is 2. The third kappa shape index (κ3) is 4.29. The van der Waals surface area contributed by atoms with Crippen LogP contribution >= 0.6 is 0 Å². The third-order valence-electron chi connectivity index (χ3n) is 5.91. The zero-order chi connectivity index (χ0) is 23.6. The Morgan fingerprint density at radius 1 is 0.971 bits per heavy atom. The first-order valence-corrected chi connectivity index (χ1v) is 11.2. The maximum Gasteiger partial charge on any atom is 0.186 e. The van der Waals surface area contributed by atoms with Gasteiger partial charge in [0.05, 0.1) is 43.3 Å². The number of methoxy groups -OCH3 is 1. The SMILES string of the molecule is COc1ccc2n[nH]c(CNc3ncnc4nn(Cc5ccc(Cn6cccn6)cc5)cc34)c2c1. The number of hydrogen-bond donors (Lipinski definition) is 2.